The maximum absolute atomic E-state index is 13.6. The zero-order chi connectivity index (χ0) is 20.3. The molecule has 142 valence electrons. The molecule has 0 saturated heterocycles. The number of halogens is 5. The Labute approximate surface area is 149 Å². The molecular formula is C18H11F5O4. The highest BCUT2D eigenvalue weighted by Crippen LogP contribution is 2.24. The van der Waals surface area contributed by atoms with Crippen LogP contribution in [0.5, 0.6) is 5.75 Å². The molecule has 0 saturated carbocycles. The fourth-order valence-electron chi connectivity index (χ4n) is 2.04. The fourth-order valence-corrected chi connectivity index (χ4v) is 2.04. The van der Waals surface area contributed by atoms with E-state index in [4.69, 9.17) is 9.47 Å². The smallest absolute Gasteiger partial charge is 0.343 e. The molecule has 2 rings (SSSR count). The first-order valence-corrected chi connectivity index (χ1v) is 7.27. The number of allylic oxidation sites excluding steroid dienone is 2. The van der Waals surface area contributed by atoms with Gasteiger partial charge in [0.25, 0.3) is 0 Å². The van der Waals surface area contributed by atoms with Gasteiger partial charge in [-0.15, -0.1) is 0 Å². The molecule has 0 aliphatic heterocycles. The predicted octanol–water partition coefficient (Wildman–Crippen LogP) is 4.33. The van der Waals surface area contributed by atoms with E-state index in [1.807, 2.05) is 0 Å². The summed E-state index contributed by atoms with van der Waals surface area (Å²) in [7, 11) is 1.42. The van der Waals surface area contributed by atoms with Crippen LogP contribution in [0.15, 0.2) is 36.1 Å². The summed E-state index contributed by atoms with van der Waals surface area (Å²) in [4.78, 5) is 23.8. The van der Waals surface area contributed by atoms with E-state index in [0.29, 0.717) is 11.8 Å². The van der Waals surface area contributed by atoms with Crippen LogP contribution in [0.1, 0.15) is 27.6 Å². The second-order valence-electron chi connectivity index (χ2n) is 5.18. The number of carbonyl (C=O) groups excluding carboxylic acids is 2. The van der Waals surface area contributed by atoms with E-state index in [9.17, 15) is 31.5 Å². The summed E-state index contributed by atoms with van der Waals surface area (Å²) in [5.41, 5.74) is -1.57. The lowest BCUT2D eigenvalue weighted by molar-refractivity contribution is 0.0625. The normalized spacial score (nSPS) is 11.3. The van der Waals surface area contributed by atoms with Crippen molar-refractivity contribution in [3.63, 3.8) is 0 Å². The third-order valence-corrected chi connectivity index (χ3v) is 3.37. The molecule has 27 heavy (non-hydrogen) atoms. The minimum absolute atomic E-state index is 0.0761. The van der Waals surface area contributed by atoms with Crippen molar-refractivity contribution in [1.29, 1.82) is 0 Å². The molecule has 0 atom stereocenters. The van der Waals surface area contributed by atoms with Crippen LogP contribution in [0.25, 0.3) is 0 Å². The van der Waals surface area contributed by atoms with Gasteiger partial charge in [-0.25, -0.2) is 26.7 Å². The zero-order valence-electron chi connectivity index (χ0n) is 13.9. The molecule has 0 aliphatic rings. The third kappa shape index (κ3) is 4.13. The lowest BCUT2D eigenvalue weighted by Gasteiger charge is -2.07. The first kappa shape index (κ1) is 20.1. The molecule has 2 aromatic carbocycles. The summed E-state index contributed by atoms with van der Waals surface area (Å²) in [5.74, 6) is -13.8. The van der Waals surface area contributed by atoms with Crippen LogP contribution in [-0.2, 0) is 4.74 Å². The maximum Gasteiger partial charge on any atom is 0.343 e. The molecule has 0 aliphatic carbocycles. The van der Waals surface area contributed by atoms with Crippen molar-refractivity contribution in [3.05, 3.63) is 76.3 Å². The van der Waals surface area contributed by atoms with Gasteiger partial charge in [0.2, 0.25) is 5.82 Å². The van der Waals surface area contributed by atoms with Crippen LogP contribution in [0.4, 0.5) is 22.0 Å². The molecular weight excluding hydrogens is 375 g/mol. The minimum atomic E-state index is -2.38. The van der Waals surface area contributed by atoms with Crippen molar-refractivity contribution in [2.45, 2.75) is 6.92 Å². The number of methoxy groups -OCH3 is 1. The van der Waals surface area contributed by atoms with Crippen LogP contribution in [0.3, 0.4) is 0 Å². The van der Waals surface area contributed by atoms with E-state index in [0.717, 1.165) is 6.92 Å². The summed E-state index contributed by atoms with van der Waals surface area (Å²) in [6, 6.07) is 5.66. The van der Waals surface area contributed by atoms with Crippen LogP contribution < -0.4 is 4.74 Å². The highest BCUT2D eigenvalue weighted by molar-refractivity contribution is 6.05. The van der Waals surface area contributed by atoms with E-state index in [-0.39, 0.29) is 5.56 Å². The summed E-state index contributed by atoms with van der Waals surface area (Å²) < 4.78 is 76.3. The summed E-state index contributed by atoms with van der Waals surface area (Å²) >= 11 is 0. The third-order valence-electron chi connectivity index (χ3n) is 3.37. The fraction of sp³-hybridized carbons (Fsp3) is 0.111. The number of carbonyl (C=O) groups is 2. The van der Waals surface area contributed by atoms with Crippen molar-refractivity contribution in [3.8, 4) is 5.75 Å². The summed E-state index contributed by atoms with van der Waals surface area (Å²) in [5, 5.41) is 0. The molecule has 0 spiro atoms. The molecule has 0 heterocycles. The van der Waals surface area contributed by atoms with Gasteiger partial charge in [-0.05, 0) is 31.2 Å². The first-order valence-electron chi connectivity index (χ1n) is 7.27. The van der Waals surface area contributed by atoms with Gasteiger partial charge in [0.1, 0.15) is 11.5 Å². The zero-order valence-corrected chi connectivity index (χ0v) is 13.9. The molecule has 0 N–H and O–H groups in total. The van der Waals surface area contributed by atoms with Crippen LogP contribution in [-0.4, -0.2) is 18.9 Å². The average Bonchev–Trinajstić information content (AvgIpc) is 2.64. The number of rotatable bonds is 5. The van der Waals surface area contributed by atoms with Gasteiger partial charge >= 0.3 is 5.97 Å². The van der Waals surface area contributed by atoms with Crippen molar-refractivity contribution in [2.24, 2.45) is 0 Å². The molecule has 0 aromatic heterocycles. The second kappa shape index (κ2) is 7.98. The Hall–Kier alpha value is -3.23. The van der Waals surface area contributed by atoms with Gasteiger partial charge in [-0.3, -0.25) is 4.79 Å². The highest BCUT2D eigenvalue weighted by atomic mass is 19.2. The van der Waals surface area contributed by atoms with E-state index in [1.165, 1.54) is 31.4 Å². The van der Waals surface area contributed by atoms with Gasteiger partial charge in [0.05, 0.1) is 18.2 Å². The number of hydrogen-bond donors (Lipinski definition) is 0. The van der Waals surface area contributed by atoms with E-state index < -0.39 is 52.2 Å². The molecule has 0 fully saturated rings. The van der Waals surface area contributed by atoms with Gasteiger partial charge < -0.3 is 9.47 Å². The Kier molecular flexibility index (Phi) is 5.94. The van der Waals surface area contributed by atoms with Crippen LogP contribution in [0, 0.1) is 29.1 Å². The number of benzene rings is 2. The van der Waals surface area contributed by atoms with E-state index in [1.54, 1.807) is 0 Å². The molecule has 9 heteroatoms. The molecule has 4 nitrogen and oxygen atoms in total. The van der Waals surface area contributed by atoms with Crippen molar-refractivity contribution in [2.75, 3.05) is 7.11 Å². The highest BCUT2D eigenvalue weighted by Gasteiger charge is 2.29. The Morgan fingerprint density at radius 2 is 1.33 bits per heavy atom. The Balaban J connectivity index is 2.25. The van der Waals surface area contributed by atoms with Gasteiger partial charge in [0.15, 0.2) is 29.1 Å². The molecule has 0 bridgehead atoms. The lowest BCUT2D eigenvalue weighted by Crippen LogP contribution is -2.12. The largest absolute Gasteiger partial charge is 0.497 e. The van der Waals surface area contributed by atoms with E-state index in [2.05, 4.69) is 0 Å². The predicted molar refractivity (Wildman–Crippen MR) is 82.7 cm³/mol. The van der Waals surface area contributed by atoms with Crippen molar-refractivity contribution >= 4 is 11.8 Å². The Morgan fingerprint density at radius 3 is 1.81 bits per heavy atom. The summed E-state index contributed by atoms with van der Waals surface area (Å²) in [6.07, 6.45) is 0.444. The number of ether oxygens (including phenoxy) is 2. The molecule has 2 aromatic rings. The second-order valence-corrected chi connectivity index (χ2v) is 5.18. The van der Waals surface area contributed by atoms with Gasteiger partial charge in [0, 0.05) is 6.08 Å². The minimum Gasteiger partial charge on any atom is -0.497 e. The number of esters is 1. The number of hydrogen-bond acceptors (Lipinski definition) is 4. The Morgan fingerprint density at radius 1 is 0.852 bits per heavy atom. The van der Waals surface area contributed by atoms with E-state index >= 15 is 0 Å². The van der Waals surface area contributed by atoms with Crippen molar-refractivity contribution in [1.82, 2.24) is 0 Å². The lowest BCUT2D eigenvalue weighted by atomic mass is 10.1. The topological polar surface area (TPSA) is 52.6 Å². The monoisotopic (exact) mass is 386 g/mol. The van der Waals surface area contributed by atoms with Gasteiger partial charge in [-0.1, -0.05) is 0 Å². The average molecular weight is 386 g/mol. The van der Waals surface area contributed by atoms with Gasteiger partial charge in [-0.2, -0.15) is 0 Å². The number of ketones is 1. The van der Waals surface area contributed by atoms with Crippen LogP contribution in [0.2, 0.25) is 0 Å². The Bertz CT molecular complexity index is 907. The quantitative estimate of drug-likeness (QED) is 0.146. The van der Waals surface area contributed by atoms with Crippen LogP contribution >= 0.6 is 0 Å². The summed E-state index contributed by atoms with van der Waals surface area (Å²) in [6.45, 7) is 1.10. The maximum atomic E-state index is 13.6. The molecule has 0 unspecified atom stereocenters. The first-order chi connectivity index (χ1) is 12.7. The SMILES string of the molecule is COc1ccc(C(=O)OC(C)=CC(=O)c2c(F)c(F)c(F)c(F)c2F)cc1. The van der Waals surface area contributed by atoms with Crippen molar-refractivity contribution < 1.29 is 41.0 Å². The molecule has 0 radical (unpaired) electrons. The standard InChI is InChI=1S/C18H11F5O4/c1-8(27-18(25)9-3-5-10(26-2)6-4-9)7-11(24)12-13(19)15(21)17(23)16(22)14(12)20/h3-7H,1-2H3. The molecule has 0 amide bonds.